The summed E-state index contributed by atoms with van der Waals surface area (Å²) in [5.74, 6) is 0.287. The molecule has 1 aliphatic heterocycles. The molecule has 0 saturated carbocycles. The molecule has 108 valence electrons. The van der Waals surface area contributed by atoms with Gasteiger partial charge in [0.05, 0.1) is 5.41 Å². The molecule has 2 nitrogen and oxygen atoms in total. The van der Waals surface area contributed by atoms with Gasteiger partial charge in [-0.1, -0.05) is 60.7 Å². The van der Waals surface area contributed by atoms with Gasteiger partial charge in [0, 0.05) is 13.6 Å². The first-order valence-electron chi connectivity index (χ1n) is 7.53. The lowest BCUT2D eigenvalue weighted by Gasteiger charge is -2.27. The topological polar surface area (TPSA) is 20.3 Å². The van der Waals surface area contributed by atoms with E-state index in [4.69, 9.17) is 0 Å². The molecular weight excluding hydrogens is 258 g/mol. The van der Waals surface area contributed by atoms with Crippen LogP contribution in [0.15, 0.2) is 60.7 Å². The van der Waals surface area contributed by atoms with E-state index in [0.717, 1.165) is 25.8 Å². The summed E-state index contributed by atoms with van der Waals surface area (Å²) in [5, 5.41) is 0. The number of rotatable bonds is 4. The number of carbonyl (C=O) groups is 1. The highest BCUT2D eigenvalue weighted by molar-refractivity contribution is 5.85. The van der Waals surface area contributed by atoms with E-state index < -0.39 is 0 Å². The van der Waals surface area contributed by atoms with Gasteiger partial charge in [0.15, 0.2) is 0 Å². The van der Waals surface area contributed by atoms with Crippen LogP contribution in [0.5, 0.6) is 0 Å². The normalized spacial score (nSPS) is 17.2. The van der Waals surface area contributed by atoms with Crippen LogP contribution in [-0.4, -0.2) is 24.4 Å². The largest absolute Gasteiger partial charge is 0.345 e. The predicted molar refractivity (Wildman–Crippen MR) is 85.0 cm³/mol. The van der Waals surface area contributed by atoms with E-state index in [-0.39, 0.29) is 11.3 Å². The van der Waals surface area contributed by atoms with Gasteiger partial charge in [-0.05, 0) is 30.4 Å². The molecule has 1 fully saturated rings. The minimum absolute atomic E-state index is 0.280. The Morgan fingerprint density at radius 2 is 1.38 bits per heavy atom. The van der Waals surface area contributed by atoms with E-state index in [0.29, 0.717) is 0 Å². The van der Waals surface area contributed by atoms with E-state index >= 15 is 0 Å². The second-order valence-corrected chi connectivity index (χ2v) is 6.08. The van der Waals surface area contributed by atoms with Crippen LogP contribution in [0.4, 0.5) is 0 Å². The zero-order chi connectivity index (χ0) is 14.7. The van der Waals surface area contributed by atoms with Gasteiger partial charge in [0.2, 0.25) is 5.91 Å². The van der Waals surface area contributed by atoms with Gasteiger partial charge in [-0.2, -0.15) is 0 Å². The molecule has 0 aliphatic carbocycles. The Hall–Kier alpha value is -2.09. The maximum atomic E-state index is 12.8. The summed E-state index contributed by atoms with van der Waals surface area (Å²) in [6.45, 7) is 0.860. The molecule has 1 amide bonds. The fourth-order valence-corrected chi connectivity index (χ4v) is 3.36. The molecule has 0 N–H and O–H groups in total. The van der Waals surface area contributed by atoms with Crippen molar-refractivity contribution in [3.8, 4) is 0 Å². The van der Waals surface area contributed by atoms with Crippen LogP contribution in [0.3, 0.4) is 0 Å². The van der Waals surface area contributed by atoms with Crippen molar-refractivity contribution in [1.29, 1.82) is 0 Å². The number of amides is 1. The maximum Gasteiger partial charge on any atom is 0.229 e. The highest BCUT2D eigenvalue weighted by Crippen LogP contribution is 2.38. The van der Waals surface area contributed by atoms with Crippen molar-refractivity contribution < 1.29 is 4.79 Å². The zero-order valence-electron chi connectivity index (χ0n) is 12.5. The van der Waals surface area contributed by atoms with Crippen LogP contribution in [-0.2, 0) is 17.6 Å². The van der Waals surface area contributed by atoms with Crippen molar-refractivity contribution in [2.24, 2.45) is 5.41 Å². The molecule has 0 bridgehead atoms. The Kier molecular flexibility index (Phi) is 3.78. The van der Waals surface area contributed by atoms with E-state index in [1.807, 2.05) is 24.1 Å². The van der Waals surface area contributed by atoms with E-state index in [1.54, 1.807) is 0 Å². The van der Waals surface area contributed by atoms with Crippen molar-refractivity contribution in [1.82, 2.24) is 4.90 Å². The van der Waals surface area contributed by atoms with E-state index in [9.17, 15) is 4.79 Å². The Morgan fingerprint density at radius 3 is 1.76 bits per heavy atom. The van der Waals surface area contributed by atoms with Gasteiger partial charge in [-0.3, -0.25) is 4.79 Å². The Labute approximate surface area is 126 Å². The van der Waals surface area contributed by atoms with Crippen molar-refractivity contribution >= 4 is 5.91 Å². The second-order valence-electron chi connectivity index (χ2n) is 6.08. The molecule has 3 rings (SSSR count). The molecule has 2 heteroatoms. The summed E-state index contributed by atoms with van der Waals surface area (Å²) < 4.78 is 0. The lowest BCUT2D eigenvalue weighted by Crippen LogP contribution is -2.36. The fourth-order valence-electron chi connectivity index (χ4n) is 3.36. The summed E-state index contributed by atoms with van der Waals surface area (Å²) in [4.78, 5) is 14.6. The monoisotopic (exact) mass is 279 g/mol. The molecular formula is C19H21NO. The third-order valence-corrected chi connectivity index (χ3v) is 4.50. The van der Waals surface area contributed by atoms with Crippen LogP contribution in [0, 0.1) is 5.41 Å². The third-order valence-electron chi connectivity index (χ3n) is 4.50. The standard InChI is InChI=1S/C19H21NO/c1-20-13-12-19(18(20)21,14-16-8-4-2-5-9-16)15-17-10-6-3-7-11-17/h2-11H,12-15H2,1H3. The molecule has 2 aromatic rings. The number of hydrogen-bond donors (Lipinski definition) is 0. The van der Waals surface area contributed by atoms with Crippen LogP contribution in [0.2, 0.25) is 0 Å². The minimum atomic E-state index is -0.280. The maximum absolute atomic E-state index is 12.8. The lowest BCUT2D eigenvalue weighted by atomic mass is 9.75. The van der Waals surface area contributed by atoms with Crippen molar-refractivity contribution in [2.45, 2.75) is 19.3 Å². The number of benzene rings is 2. The van der Waals surface area contributed by atoms with E-state index in [2.05, 4.69) is 48.5 Å². The Morgan fingerprint density at radius 1 is 0.905 bits per heavy atom. The molecule has 1 aliphatic rings. The highest BCUT2D eigenvalue weighted by atomic mass is 16.2. The molecule has 0 aromatic heterocycles. The van der Waals surface area contributed by atoms with Crippen molar-refractivity contribution in [3.63, 3.8) is 0 Å². The Balaban J connectivity index is 1.90. The summed E-state index contributed by atoms with van der Waals surface area (Å²) in [6, 6.07) is 20.7. The molecule has 0 radical (unpaired) electrons. The quantitative estimate of drug-likeness (QED) is 0.840. The first kappa shape index (κ1) is 13.9. The summed E-state index contributed by atoms with van der Waals surface area (Å²) >= 11 is 0. The molecule has 0 atom stereocenters. The molecule has 21 heavy (non-hydrogen) atoms. The molecule has 0 unspecified atom stereocenters. The average Bonchev–Trinajstić information content (AvgIpc) is 2.78. The van der Waals surface area contributed by atoms with Gasteiger partial charge < -0.3 is 4.90 Å². The number of hydrogen-bond acceptors (Lipinski definition) is 1. The van der Waals surface area contributed by atoms with Gasteiger partial charge >= 0.3 is 0 Å². The molecule has 1 heterocycles. The predicted octanol–water partition coefficient (Wildman–Crippen LogP) is 3.32. The smallest absolute Gasteiger partial charge is 0.229 e. The lowest BCUT2D eigenvalue weighted by molar-refractivity contribution is -0.135. The van der Waals surface area contributed by atoms with Crippen LogP contribution in [0.1, 0.15) is 17.5 Å². The Bertz CT molecular complexity index is 564. The summed E-state index contributed by atoms with van der Waals surface area (Å²) in [5.41, 5.74) is 2.21. The van der Waals surface area contributed by atoms with Crippen LogP contribution >= 0.6 is 0 Å². The number of nitrogens with zero attached hydrogens (tertiary/aromatic N) is 1. The summed E-state index contributed by atoms with van der Waals surface area (Å²) in [7, 11) is 1.92. The zero-order valence-corrected chi connectivity index (χ0v) is 12.5. The van der Waals surface area contributed by atoms with Crippen LogP contribution < -0.4 is 0 Å². The molecule has 2 aromatic carbocycles. The average molecular weight is 279 g/mol. The number of carbonyl (C=O) groups excluding carboxylic acids is 1. The SMILES string of the molecule is CN1CCC(Cc2ccccc2)(Cc2ccccc2)C1=O. The summed E-state index contributed by atoms with van der Waals surface area (Å²) in [6.07, 6.45) is 2.59. The third kappa shape index (κ3) is 2.85. The van der Waals surface area contributed by atoms with Gasteiger partial charge in [-0.15, -0.1) is 0 Å². The van der Waals surface area contributed by atoms with Crippen molar-refractivity contribution in [3.05, 3.63) is 71.8 Å². The van der Waals surface area contributed by atoms with Gasteiger partial charge in [-0.25, -0.2) is 0 Å². The van der Waals surface area contributed by atoms with Crippen LogP contribution in [0.25, 0.3) is 0 Å². The fraction of sp³-hybridized carbons (Fsp3) is 0.316. The minimum Gasteiger partial charge on any atom is -0.345 e. The van der Waals surface area contributed by atoms with E-state index in [1.165, 1.54) is 11.1 Å². The van der Waals surface area contributed by atoms with Crippen molar-refractivity contribution in [2.75, 3.05) is 13.6 Å². The first-order valence-corrected chi connectivity index (χ1v) is 7.53. The highest BCUT2D eigenvalue weighted by Gasteiger charge is 2.45. The van der Waals surface area contributed by atoms with Gasteiger partial charge in [0.25, 0.3) is 0 Å². The number of likely N-dealkylation sites (tertiary alicyclic amines) is 1. The first-order chi connectivity index (χ1) is 10.2. The second kappa shape index (κ2) is 5.72. The molecule has 0 spiro atoms. The van der Waals surface area contributed by atoms with Gasteiger partial charge in [0.1, 0.15) is 0 Å². The molecule has 1 saturated heterocycles.